The topological polar surface area (TPSA) is 34.9 Å². The Morgan fingerprint density at radius 3 is 2.25 bits per heavy atom. The summed E-state index contributed by atoms with van der Waals surface area (Å²) in [5.74, 6) is 0. The van der Waals surface area contributed by atoms with Gasteiger partial charge in [-0.2, -0.15) is 0 Å². The van der Waals surface area contributed by atoms with E-state index in [0.717, 1.165) is 5.69 Å². The Bertz CT molecular complexity index is 495. The van der Waals surface area contributed by atoms with Gasteiger partial charge in [-0.15, -0.1) is 0 Å². The lowest BCUT2D eigenvalue weighted by atomic mass is 9.52. The van der Waals surface area contributed by atoms with E-state index in [1.807, 2.05) is 18.4 Å². The number of hydrogen-bond donors (Lipinski definition) is 0. The number of aromatic nitrogens is 2. The Morgan fingerprint density at radius 1 is 1.19 bits per heavy atom. The van der Waals surface area contributed by atoms with Crippen molar-refractivity contribution in [2.75, 3.05) is 0 Å². The molecule has 1 aliphatic carbocycles. The van der Waals surface area contributed by atoms with Gasteiger partial charge in [-0.3, -0.25) is 4.57 Å². The zero-order valence-corrected chi connectivity index (χ0v) is 11.0. The summed E-state index contributed by atoms with van der Waals surface area (Å²) in [5.41, 5.74) is 2.38. The van der Waals surface area contributed by atoms with Gasteiger partial charge in [0.1, 0.15) is 0 Å². The van der Waals surface area contributed by atoms with Gasteiger partial charge < -0.3 is 0 Å². The van der Waals surface area contributed by atoms with Gasteiger partial charge in [0.2, 0.25) is 0 Å². The predicted molar refractivity (Wildman–Crippen MR) is 64.9 cm³/mol. The molecule has 2 rings (SSSR count). The molecule has 0 aromatic carbocycles. The summed E-state index contributed by atoms with van der Waals surface area (Å²) in [6.45, 7) is 12.9. The van der Waals surface area contributed by atoms with E-state index < -0.39 is 0 Å². The van der Waals surface area contributed by atoms with E-state index in [1.165, 1.54) is 5.56 Å². The third-order valence-corrected chi connectivity index (χ3v) is 4.35. The van der Waals surface area contributed by atoms with Crippen LogP contribution in [0.25, 0.3) is 0 Å². The van der Waals surface area contributed by atoms with Gasteiger partial charge in [-0.1, -0.05) is 27.7 Å². The first kappa shape index (κ1) is 11.4. The fourth-order valence-corrected chi connectivity index (χ4v) is 2.61. The van der Waals surface area contributed by atoms with E-state index in [9.17, 15) is 4.79 Å². The van der Waals surface area contributed by atoms with Crippen LogP contribution in [-0.4, -0.2) is 9.55 Å². The maximum atomic E-state index is 11.8. The average molecular weight is 220 g/mol. The lowest BCUT2D eigenvalue weighted by molar-refractivity contribution is 0.209. The summed E-state index contributed by atoms with van der Waals surface area (Å²) in [4.78, 5) is 15.8. The van der Waals surface area contributed by atoms with Crippen molar-refractivity contribution in [1.82, 2.24) is 9.55 Å². The van der Waals surface area contributed by atoms with Gasteiger partial charge in [-0.25, -0.2) is 9.78 Å². The molecule has 0 bridgehead atoms. The Morgan fingerprint density at radius 2 is 1.75 bits per heavy atom. The van der Waals surface area contributed by atoms with Crippen molar-refractivity contribution in [1.29, 1.82) is 0 Å². The normalized spacial score (nSPS) is 20.4. The lowest BCUT2D eigenvalue weighted by Crippen LogP contribution is -2.55. The lowest BCUT2D eigenvalue weighted by Gasteiger charge is -2.54. The molecular formula is C13H20N2O. The van der Waals surface area contributed by atoms with Crippen LogP contribution in [0, 0.1) is 0 Å². The second kappa shape index (κ2) is 2.96. The molecular weight excluding hydrogens is 200 g/mol. The van der Waals surface area contributed by atoms with E-state index >= 15 is 0 Å². The molecule has 0 saturated heterocycles. The van der Waals surface area contributed by atoms with Crippen molar-refractivity contribution < 1.29 is 0 Å². The third kappa shape index (κ3) is 1.09. The minimum absolute atomic E-state index is 0.0364. The van der Waals surface area contributed by atoms with Crippen molar-refractivity contribution in [3.05, 3.63) is 27.9 Å². The Labute approximate surface area is 96.5 Å². The highest BCUT2D eigenvalue weighted by Crippen LogP contribution is 2.54. The van der Waals surface area contributed by atoms with Crippen LogP contribution in [-0.2, 0) is 10.8 Å². The molecule has 1 aromatic heterocycles. The van der Waals surface area contributed by atoms with Gasteiger partial charge in [0, 0.05) is 28.8 Å². The van der Waals surface area contributed by atoms with Crippen LogP contribution in [0.3, 0.4) is 0 Å². The first-order chi connectivity index (χ1) is 7.21. The summed E-state index contributed by atoms with van der Waals surface area (Å²) in [5, 5.41) is 0. The fraction of sp³-hybridized carbons (Fsp3) is 0.692. The summed E-state index contributed by atoms with van der Waals surface area (Å²) >= 11 is 0. The number of fused-ring (bicyclic) bond motifs is 1. The van der Waals surface area contributed by atoms with Crippen molar-refractivity contribution in [3.63, 3.8) is 0 Å². The van der Waals surface area contributed by atoms with Gasteiger partial charge in [0.05, 0.1) is 0 Å². The van der Waals surface area contributed by atoms with Crippen molar-refractivity contribution >= 4 is 0 Å². The summed E-state index contributed by atoms with van der Waals surface area (Å²) in [6.07, 6.45) is 1.75. The Balaban J connectivity index is 2.79. The number of rotatable bonds is 1. The molecule has 0 unspecified atom stereocenters. The molecule has 0 spiro atoms. The molecule has 88 valence electrons. The Kier molecular flexibility index (Phi) is 2.10. The smallest absolute Gasteiger partial charge is 0.293 e. The van der Waals surface area contributed by atoms with E-state index in [-0.39, 0.29) is 22.6 Å². The SMILES string of the molecule is CC(C)n1c2c(cnc1=O)C(C)(C)C2(C)C. The minimum atomic E-state index is -0.127. The molecule has 0 N–H and O–H groups in total. The second-order valence-corrected chi connectivity index (χ2v) is 6.02. The van der Waals surface area contributed by atoms with E-state index in [2.05, 4.69) is 32.7 Å². The molecule has 1 aliphatic rings. The van der Waals surface area contributed by atoms with Crippen LogP contribution in [0.5, 0.6) is 0 Å². The molecule has 1 aromatic rings. The molecule has 3 heteroatoms. The third-order valence-electron chi connectivity index (χ3n) is 4.35. The zero-order valence-electron chi connectivity index (χ0n) is 11.0. The quantitative estimate of drug-likeness (QED) is 0.728. The van der Waals surface area contributed by atoms with E-state index in [4.69, 9.17) is 0 Å². The highest BCUT2D eigenvalue weighted by Gasteiger charge is 2.53. The molecule has 0 atom stereocenters. The summed E-state index contributed by atoms with van der Waals surface area (Å²) in [6, 6.07) is 0.172. The van der Waals surface area contributed by atoms with Crippen LogP contribution >= 0.6 is 0 Å². The van der Waals surface area contributed by atoms with Crippen LogP contribution < -0.4 is 5.69 Å². The summed E-state index contributed by atoms with van der Waals surface area (Å²) < 4.78 is 1.83. The van der Waals surface area contributed by atoms with Gasteiger partial charge in [0.15, 0.2) is 0 Å². The largest absolute Gasteiger partial charge is 0.347 e. The second-order valence-electron chi connectivity index (χ2n) is 6.02. The molecule has 0 radical (unpaired) electrons. The highest BCUT2D eigenvalue weighted by molar-refractivity contribution is 5.48. The fourth-order valence-electron chi connectivity index (χ4n) is 2.61. The molecule has 0 aliphatic heterocycles. The van der Waals surface area contributed by atoms with Crippen LogP contribution in [0.2, 0.25) is 0 Å². The van der Waals surface area contributed by atoms with Gasteiger partial charge >= 0.3 is 5.69 Å². The minimum Gasteiger partial charge on any atom is -0.293 e. The van der Waals surface area contributed by atoms with Crippen molar-refractivity contribution in [3.8, 4) is 0 Å². The van der Waals surface area contributed by atoms with Crippen LogP contribution in [0.1, 0.15) is 58.8 Å². The number of nitrogens with zero attached hydrogens (tertiary/aromatic N) is 2. The standard InChI is InChI=1S/C13H20N2O/c1-8(2)15-10-9(7-14-11(15)16)12(3,4)13(10,5)6/h7-8H,1-6H3. The molecule has 0 amide bonds. The first-order valence-electron chi connectivity index (χ1n) is 5.83. The van der Waals surface area contributed by atoms with Crippen molar-refractivity contribution in [2.24, 2.45) is 0 Å². The highest BCUT2D eigenvalue weighted by atomic mass is 16.1. The first-order valence-corrected chi connectivity index (χ1v) is 5.83. The predicted octanol–water partition coefficient (Wildman–Crippen LogP) is 2.39. The van der Waals surface area contributed by atoms with Crippen LogP contribution in [0.4, 0.5) is 0 Å². The maximum Gasteiger partial charge on any atom is 0.347 e. The average Bonchev–Trinajstić information content (AvgIpc) is 2.16. The molecule has 0 fully saturated rings. The zero-order chi connectivity index (χ0) is 12.3. The number of hydrogen-bond acceptors (Lipinski definition) is 2. The van der Waals surface area contributed by atoms with E-state index in [0.29, 0.717) is 0 Å². The van der Waals surface area contributed by atoms with Crippen LogP contribution in [0.15, 0.2) is 11.0 Å². The molecule has 0 saturated carbocycles. The van der Waals surface area contributed by atoms with Crippen molar-refractivity contribution in [2.45, 2.75) is 58.4 Å². The molecule has 16 heavy (non-hydrogen) atoms. The van der Waals surface area contributed by atoms with Gasteiger partial charge in [0.25, 0.3) is 0 Å². The van der Waals surface area contributed by atoms with E-state index in [1.54, 1.807) is 6.20 Å². The molecule has 3 nitrogen and oxygen atoms in total. The summed E-state index contributed by atoms with van der Waals surface area (Å²) in [7, 11) is 0. The monoisotopic (exact) mass is 220 g/mol. The Hall–Kier alpha value is -1.12. The molecule has 1 heterocycles. The maximum absolute atomic E-state index is 11.8. The van der Waals surface area contributed by atoms with Gasteiger partial charge in [-0.05, 0) is 19.4 Å².